The number of carboxylic acids is 1. The van der Waals surface area contributed by atoms with E-state index in [0.29, 0.717) is 66.1 Å². The second-order valence-electron chi connectivity index (χ2n) is 12.5. The molecule has 0 bridgehead atoms. The van der Waals surface area contributed by atoms with Crippen LogP contribution in [0.15, 0.2) is 53.6 Å². The monoisotopic (exact) mass is 620 g/mol. The van der Waals surface area contributed by atoms with Gasteiger partial charge in [-0.05, 0) is 92.0 Å². The van der Waals surface area contributed by atoms with Crippen molar-refractivity contribution >= 4 is 21.9 Å². The predicted octanol–water partition coefficient (Wildman–Crippen LogP) is 5.72. The number of ether oxygens (including phenoxy) is 1. The van der Waals surface area contributed by atoms with Crippen LogP contribution in [0.1, 0.15) is 78.2 Å². The van der Waals surface area contributed by atoms with Crippen molar-refractivity contribution in [3.05, 3.63) is 76.6 Å². The van der Waals surface area contributed by atoms with E-state index >= 15 is 0 Å². The molecule has 0 aliphatic carbocycles. The summed E-state index contributed by atoms with van der Waals surface area (Å²) in [4.78, 5) is 23.8. The van der Waals surface area contributed by atoms with Crippen LogP contribution >= 0.6 is 0 Å². The number of nitrogens with zero attached hydrogens (tertiary/aromatic N) is 4. The number of piperidine rings is 2. The topological polar surface area (TPSA) is 113 Å². The van der Waals surface area contributed by atoms with Gasteiger partial charge in [0.05, 0.1) is 23.3 Å². The van der Waals surface area contributed by atoms with Gasteiger partial charge in [-0.3, -0.25) is 0 Å². The van der Waals surface area contributed by atoms with E-state index < -0.39 is 16.0 Å². The molecule has 2 aliphatic rings. The van der Waals surface area contributed by atoms with E-state index in [-0.39, 0.29) is 17.4 Å². The van der Waals surface area contributed by atoms with E-state index in [1.54, 1.807) is 30.5 Å². The zero-order valence-corrected chi connectivity index (χ0v) is 27.0. The van der Waals surface area contributed by atoms with E-state index in [1.807, 2.05) is 19.9 Å². The fourth-order valence-electron chi connectivity index (χ4n) is 6.53. The lowest BCUT2D eigenvalue weighted by Gasteiger charge is -2.33. The molecular formula is C34H44N4O5S. The molecule has 2 aromatic carbocycles. The SMILES string of the molecule is COc1cc(C)c(S(=O)(=O)N2CCC(Cc3nc(N4CCC(Cc5ccccc5)CC4)ncc3C(=O)O)CC2)cc1C(C)C. The van der Waals surface area contributed by atoms with Crippen molar-refractivity contribution in [3.8, 4) is 5.75 Å². The van der Waals surface area contributed by atoms with Gasteiger partial charge in [0.15, 0.2) is 0 Å². The summed E-state index contributed by atoms with van der Waals surface area (Å²) in [5, 5.41) is 9.88. The molecule has 2 saturated heterocycles. The molecular weight excluding hydrogens is 576 g/mol. The predicted molar refractivity (Wildman–Crippen MR) is 171 cm³/mol. The Hall–Kier alpha value is -3.50. The Morgan fingerprint density at radius 1 is 1.00 bits per heavy atom. The van der Waals surface area contributed by atoms with Gasteiger partial charge in [0.2, 0.25) is 16.0 Å². The first-order chi connectivity index (χ1) is 21.1. The molecule has 0 unspecified atom stereocenters. The normalized spacial score (nSPS) is 17.2. The molecule has 236 valence electrons. The molecule has 1 N–H and O–H groups in total. The number of methoxy groups -OCH3 is 1. The van der Waals surface area contributed by atoms with E-state index in [0.717, 1.165) is 37.9 Å². The summed E-state index contributed by atoms with van der Waals surface area (Å²) < 4.78 is 34.5. The number of aryl methyl sites for hydroxylation is 1. The summed E-state index contributed by atoms with van der Waals surface area (Å²) in [6.45, 7) is 8.28. The highest BCUT2D eigenvalue weighted by Gasteiger charge is 2.32. The van der Waals surface area contributed by atoms with Crippen molar-refractivity contribution in [2.75, 3.05) is 38.2 Å². The number of aromatic carboxylic acids is 1. The maximum Gasteiger partial charge on any atom is 0.339 e. The van der Waals surface area contributed by atoms with Gasteiger partial charge in [-0.2, -0.15) is 4.31 Å². The third kappa shape index (κ3) is 7.07. The number of hydrogen-bond acceptors (Lipinski definition) is 7. The standard InChI is InChI=1S/C34H44N4O5S/c1-23(2)28-21-32(24(3)18-31(28)43-4)44(41,42)38-16-12-27(13-17-38)20-30-29(33(39)40)22-35-34(36-30)37-14-10-26(11-15-37)19-25-8-6-5-7-9-25/h5-9,18,21-23,26-27H,10-17,19-20H2,1-4H3,(H,39,40). The van der Waals surface area contributed by atoms with Crippen LogP contribution in [0.3, 0.4) is 0 Å². The van der Waals surface area contributed by atoms with E-state index in [1.165, 1.54) is 11.8 Å². The summed E-state index contributed by atoms with van der Waals surface area (Å²) in [6.07, 6.45) is 6.32. The summed E-state index contributed by atoms with van der Waals surface area (Å²) in [5.41, 5.74) is 3.54. The average molecular weight is 621 g/mol. The van der Waals surface area contributed by atoms with Gasteiger partial charge in [0, 0.05) is 32.4 Å². The third-order valence-corrected chi connectivity index (χ3v) is 11.2. The van der Waals surface area contributed by atoms with Crippen molar-refractivity contribution in [3.63, 3.8) is 0 Å². The molecule has 0 radical (unpaired) electrons. The van der Waals surface area contributed by atoms with Crippen LogP contribution in [0.25, 0.3) is 0 Å². The van der Waals surface area contributed by atoms with Crippen molar-refractivity contribution < 1.29 is 23.1 Å². The highest BCUT2D eigenvalue weighted by atomic mass is 32.2. The molecule has 0 atom stereocenters. The first-order valence-corrected chi connectivity index (χ1v) is 17.1. The van der Waals surface area contributed by atoms with Gasteiger partial charge in [-0.25, -0.2) is 23.2 Å². The lowest BCUT2D eigenvalue weighted by atomic mass is 9.90. The second-order valence-corrected chi connectivity index (χ2v) is 14.4. The van der Waals surface area contributed by atoms with Crippen molar-refractivity contribution in [1.82, 2.24) is 14.3 Å². The van der Waals surface area contributed by atoms with Crippen molar-refractivity contribution in [2.45, 2.75) is 70.1 Å². The fraction of sp³-hybridized carbons (Fsp3) is 0.500. The Bertz CT molecular complexity index is 1560. The van der Waals surface area contributed by atoms with Gasteiger partial charge in [0.1, 0.15) is 5.75 Å². The summed E-state index contributed by atoms with van der Waals surface area (Å²) in [6, 6.07) is 14.1. The minimum Gasteiger partial charge on any atom is -0.496 e. The van der Waals surface area contributed by atoms with Gasteiger partial charge in [-0.15, -0.1) is 0 Å². The number of sulfonamides is 1. The lowest BCUT2D eigenvalue weighted by molar-refractivity contribution is 0.0694. The highest BCUT2D eigenvalue weighted by molar-refractivity contribution is 7.89. The molecule has 2 fully saturated rings. The van der Waals surface area contributed by atoms with E-state index in [2.05, 4.69) is 34.1 Å². The molecule has 0 amide bonds. The van der Waals surface area contributed by atoms with E-state index in [4.69, 9.17) is 9.72 Å². The molecule has 9 nitrogen and oxygen atoms in total. The molecule has 3 aromatic rings. The fourth-order valence-corrected chi connectivity index (χ4v) is 8.24. The molecule has 44 heavy (non-hydrogen) atoms. The number of aromatic nitrogens is 2. The number of carbonyl (C=O) groups is 1. The van der Waals surface area contributed by atoms with Crippen molar-refractivity contribution in [2.24, 2.45) is 11.8 Å². The van der Waals surface area contributed by atoms with Crippen molar-refractivity contribution in [1.29, 1.82) is 0 Å². The Labute approximate surface area is 261 Å². The van der Waals surface area contributed by atoms with Crippen LogP contribution in [-0.4, -0.2) is 67.1 Å². The Morgan fingerprint density at radius 3 is 2.25 bits per heavy atom. The van der Waals surface area contributed by atoms with Gasteiger partial charge in [0.25, 0.3) is 0 Å². The number of hydrogen-bond donors (Lipinski definition) is 1. The van der Waals surface area contributed by atoms with Gasteiger partial charge < -0.3 is 14.7 Å². The summed E-state index contributed by atoms with van der Waals surface area (Å²) in [7, 11) is -2.08. The number of rotatable bonds is 10. The minimum absolute atomic E-state index is 0.118. The average Bonchev–Trinajstić information content (AvgIpc) is 3.01. The molecule has 10 heteroatoms. The molecule has 1 aromatic heterocycles. The number of benzene rings is 2. The van der Waals surface area contributed by atoms with Gasteiger partial charge >= 0.3 is 5.97 Å². The highest BCUT2D eigenvalue weighted by Crippen LogP contribution is 2.34. The summed E-state index contributed by atoms with van der Waals surface area (Å²) in [5.74, 6) is 1.09. The molecule has 5 rings (SSSR count). The zero-order valence-electron chi connectivity index (χ0n) is 26.2. The maximum absolute atomic E-state index is 13.7. The smallest absolute Gasteiger partial charge is 0.339 e. The largest absolute Gasteiger partial charge is 0.496 e. The van der Waals surface area contributed by atoms with Gasteiger partial charge in [-0.1, -0.05) is 44.2 Å². The van der Waals surface area contributed by atoms with Crippen LogP contribution in [-0.2, 0) is 22.9 Å². The molecule has 2 aliphatic heterocycles. The first-order valence-electron chi connectivity index (χ1n) is 15.6. The lowest BCUT2D eigenvalue weighted by Crippen LogP contribution is -2.39. The second kappa shape index (κ2) is 13.6. The maximum atomic E-state index is 13.7. The Morgan fingerprint density at radius 2 is 1.64 bits per heavy atom. The quantitative estimate of drug-likeness (QED) is 0.306. The third-order valence-electron chi connectivity index (χ3n) is 9.17. The molecule has 0 saturated carbocycles. The van der Waals surface area contributed by atoms with Crippen LogP contribution < -0.4 is 9.64 Å². The van der Waals surface area contributed by atoms with E-state index in [9.17, 15) is 18.3 Å². The number of carboxylic acid groups (broad SMARTS) is 1. The first kappa shape index (κ1) is 31.9. The van der Waals surface area contributed by atoms with Crippen LogP contribution in [0.2, 0.25) is 0 Å². The minimum atomic E-state index is -3.69. The molecule has 0 spiro atoms. The summed E-state index contributed by atoms with van der Waals surface area (Å²) >= 11 is 0. The Kier molecular flexibility index (Phi) is 9.90. The van der Waals surface area contributed by atoms with Crippen LogP contribution in [0.4, 0.5) is 5.95 Å². The van der Waals surface area contributed by atoms with Crippen LogP contribution in [0.5, 0.6) is 5.75 Å². The van der Waals surface area contributed by atoms with Crippen LogP contribution in [0, 0.1) is 18.8 Å². The Balaban J connectivity index is 1.24. The number of anilines is 1. The zero-order chi connectivity index (χ0) is 31.4. The molecule has 3 heterocycles.